The predicted octanol–water partition coefficient (Wildman–Crippen LogP) is 3.00. The van der Waals surface area contributed by atoms with Crippen LogP contribution in [0, 0.1) is 18.6 Å². The van der Waals surface area contributed by atoms with E-state index in [0.717, 1.165) is 6.07 Å². The summed E-state index contributed by atoms with van der Waals surface area (Å²) >= 11 is 0. The lowest BCUT2D eigenvalue weighted by Gasteiger charge is -2.01. The van der Waals surface area contributed by atoms with E-state index in [2.05, 4.69) is 0 Å². The molecule has 0 unspecified atom stereocenters. The van der Waals surface area contributed by atoms with Crippen LogP contribution in [0.1, 0.15) is 29.8 Å². The summed E-state index contributed by atoms with van der Waals surface area (Å²) in [5.74, 6) is -3.65. The third-order valence-electron chi connectivity index (χ3n) is 1.50. The highest BCUT2D eigenvalue weighted by Gasteiger charge is 2.17. The van der Waals surface area contributed by atoms with E-state index in [4.69, 9.17) is 5.11 Å². The Morgan fingerprint density at radius 1 is 1.29 bits per heavy atom. The molecule has 0 saturated heterocycles. The average molecular weight is 202 g/mol. The predicted molar refractivity (Wildman–Crippen MR) is 49.4 cm³/mol. The first-order valence-electron chi connectivity index (χ1n) is 4.22. The van der Waals surface area contributed by atoms with Crippen LogP contribution in [0.4, 0.5) is 8.78 Å². The summed E-state index contributed by atoms with van der Waals surface area (Å²) in [6.07, 6.45) is 0. The van der Waals surface area contributed by atoms with Crippen LogP contribution in [-0.4, -0.2) is 11.1 Å². The largest absolute Gasteiger partial charge is 0.477 e. The first-order valence-corrected chi connectivity index (χ1v) is 4.22. The fourth-order valence-corrected chi connectivity index (χ4v) is 0.853. The van der Waals surface area contributed by atoms with Crippen LogP contribution in [-0.2, 0) is 0 Å². The van der Waals surface area contributed by atoms with Gasteiger partial charge in [-0.25, -0.2) is 13.6 Å². The van der Waals surface area contributed by atoms with Gasteiger partial charge in [-0.1, -0.05) is 19.9 Å². The first-order chi connectivity index (χ1) is 6.54. The minimum atomic E-state index is -1.59. The molecular formula is C10H12F2O2. The van der Waals surface area contributed by atoms with Crippen molar-refractivity contribution in [1.29, 1.82) is 0 Å². The van der Waals surface area contributed by atoms with Gasteiger partial charge < -0.3 is 5.11 Å². The van der Waals surface area contributed by atoms with Crippen molar-refractivity contribution in [3.05, 3.63) is 34.9 Å². The number of rotatable bonds is 1. The normalized spacial score (nSPS) is 8.93. The van der Waals surface area contributed by atoms with Crippen LogP contribution in [0.25, 0.3) is 0 Å². The van der Waals surface area contributed by atoms with Gasteiger partial charge in [-0.15, -0.1) is 0 Å². The second-order valence-corrected chi connectivity index (χ2v) is 2.36. The number of hydrogen-bond donors (Lipinski definition) is 1. The molecule has 0 aliphatic rings. The van der Waals surface area contributed by atoms with Crippen molar-refractivity contribution in [3.63, 3.8) is 0 Å². The zero-order valence-electron chi connectivity index (χ0n) is 8.27. The van der Waals surface area contributed by atoms with Gasteiger partial charge >= 0.3 is 5.97 Å². The maximum absolute atomic E-state index is 12.9. The Kier molecular flexibility index (Phi) is 4.77. The number of aromatic carboxylic acids is 1. The zero-order chi connectivity index (χ0) is 11.3. The minimum absolute atomic E-state index is 0.119. The van der Waals surface area contributed by atoms with Gasteiger partial charge in [-0.2, -0.15) is 0 Å². The summed E-state index contributed by atoms with van der Waals surface area (Å²) in [5, 5.41) is 8.39. The Morgan fingerprint density at radius 3 is 2.14 bits per heavy atom. The summed E-state index contributed by atoms with van der Waals surface area (Å²) < 4.78 is 25.6. The first kappa shape index (κ1) is 12.6. The number of halogens is 2. The molecule has 4 heteroatoms. The monoisotopic (exact) mass is 202 g/mol. The van der Waals surface area contributed by atoms with Crippen LogP contribution < -0.4 is 0 Å². The maximum atomic E-state index is 12.9. The SMILES string of the molecule is CC.Cc1ccc(F)c(C(=O)O)c1F. The van der Waals surface area contributed by atoms with E-state index in [-0.39, 0.29) is 5.56 Å². The molecular weight excluding hydrogens is 190 g/mol. The number of aryl methyl sites for hydroxylation is 1. The number of hydrogen-bond acceptors (Lipinski definition) is 1. The summed E-state index contributed by atoms with van der Waals surface area (Å²) in [7, 11) is 0. The third kappa shape index (κ3) is 2.52. The summed E-state index contributed by atoms with van der Waals surface area (Å²) in [4.78, 5) is 10.3. The molecule has 0 heterocycles. The molecule has 78 valence electrons. The van der Waals surface area contributed by atoms with E-state index in [1.165, 1.54) is 13.0 Å². The van der Waals surface area contributed by atoms with E-state index in [0.29, 0.717) is 0 Å². The molecule has 0 amide bonds. The van der Waals surface area contributed by atoms with Gasteiger partial charge in [0.15, 0.2) is 0 Å². The standard InChI is InChI=1S/C8H6F2O2.C2H6/c1-4-2-3-5(9)6(7(4)10)8(11)12;1-2/h2-3H,1H3,(H,11,12);1-2H3. The molecule has 2 nitrogen and oxygen atoms in total. The molecule has 1 aromatic rings. The fourth-order valence-electron chi connectivity index (χ4n) is 0.853. The molecule has 1 aromatic carbocycles. The maximum Gasteiger partial charge on any atom is 0.341 e. The lowest BCUT2D eigenvalue weighted by molar-refractivity contribution is 0.0686. The Morgan fingerprint density at radius 2 is 1.79 bits per heavy atom. The van der Waals surface area contributed by atoms with Gasteiger partial charge in [-0.3, -0.25) is 0 Å². The molecule has 0 radical (unpaired) electrons. The number of benzene rings is 1. The Bertz CT molecular complexity index is 335. The van der Waals surface area contributed by atoms with Gasteiger partial charge in [0.2, 0.25) is 0 Å². The van der Waals surface area contributed by atoms with Crippen molar-refractivity contribution in [1.82, 2.24) is 0 Å². The lowest BCUT2D eigenvalue weighted by atomic mass is 10.1. The van der Waals surface area contributed by atoms with Gasteiger partial charge in [0.25, 0.3) is 0 Å². The summed E-state index contributed by atoms with van der Waals surface area (Å²) in [6.45, 7) is 5.38. The Labute approximate surface area is 81.2 Å². The van der Waals surface area contributed by atoms with Crippen LogP contribution >= 0.6 is 0 Å². The van der Waals surface area contributed by atoms with Crippen molar-refractivity contribution < 1.29 is 18.7 Å². The van der Waals surface area contributed by atoms with E-state index >= 15 is 0 Å². The zero-order valence-corrected chi connectivity index (χ0v) is 8.27. The van der Waals surface area contributed by atoms with Crippen LogP contribution in [0.5, 0.6) is 0 Å². The smallest absolute Gasteiger partial charge is 0.341 e. The molecule has 0 saturated carbocycles. The number of carboxylic acid groups (broad SMARTS) is 1. The number of carboxylic acids is 1. The third-order valence-corrected chi connectivity index (χ3v) is 1.50. The van der Waals surface area contributed by atoms with Crippen LogP contribution in [0.3, 0.4) is 0 Å². The van der Waals surface area contributed by atoms with Gasteiger partial charge in [0.1, 0.15) is 17.2 Å². The summed E-state index contributed by atoms with van der Waals surface area (Å²) in [6, 6.07) is 2.12. The molecule has 0 aliphatic carbocycles. The minimum Gasteiger partial charge on any atom is -0.477 e. The van der Waals surface area contributed by atoms with Crippen molar-refractivity contribution in [2.45, 2.75) is 20.8 Å². The number of carbonyl (C=O) groups is 1. The van der Waals surface area contributed by atoms with Crippen LogP contribution in [0.15, 0.2) is 12.1 Å². The topological polar surface area (TPSA) is 37.3 Å². The Balaban J connectivity index is 0.000000791. The van der Waals surface area contributed by atoms with E-state index in [1.807, 2.05) is 13.8 Å². The Hall–Kier alpha value is -1.45. The second kappa shape index (κ2) is 5.32. The van der Waals surface area contributed by atoms with E-state index < -0.39 is 23.2 Å². The van der Waals surface area contributed by atoms with Crippen molar-refractivity contribution in [2.75, 3.05) is 0 Å². The van der Waals surface area contributed by atoms with E-state index in [1.54, 1.807) is 0 Å². The lowest BCUT2D eigenvalue weighted by Crippen LogP contribution is -2.05. The molecule has 0 aliphatic heterocycles. The van der Waals surface area contributed by atoms with Gasteiger partial charge in [0.05, 0.1) is 0 Å². The van der Waals surface area contributed by atoms with Gasteiger partial charge in [-0.05, 0) is 18.6 Å². The highest BCUT2D eigenvalue weighted by molar-refractivity contribution is 5.88. The fraction of sp³-hybridized carbons (Fsp3) is 0.300. The van der Waals surface area contributed by atoms with E-state index in [9.17, 15) is 13.6 Å². The molecule has 0 atom stereocenters. The van der Waals surface area contributed by atoms with Gasteiger partial charge in [0, 0.05) is 0 Å². The quantitative estimate of drug-likeness (QED) is 0.760. The summed E-state index contributed by atoms with van der Waals surface area (Å²) in [5.41, 5.74) is -0.774. The molecule has 14 heavy (non-hydrogen) atoms. The molecule has 0 aromatic heterocycles. The molecule has 0 bridgehead atoms. The van der Waals surface area contributed by atoms with Crippen LogP contribution in [0.2, 0.25) is 0 Å². The molecule has 0 fully saturated rings. The van der Waals surface area contributed by atoms with Crippen molar-refractivity contribution in [2.24, 2.45) is 0 Å². The van der Waals surface area contributed by atoms with Crippen molar-refractivity contribution in [3.8, 4) is 0 Å². The molecule has 1 rings (SSSR count). The highest BCUT2D eigenvalue weighted by atomic mass is 19.1. The molecule has 1 N–H and O–H groups in total. The van der Waals surface area contributed by atoms with Crippen molar-refractivity contribution >= 4 is 5.97 Å². The average Bonchev–Trinajstić information content (AvgIpc) is 2.15. The highest BCUT2D eigenvalue weighted by Crippen LogP contribution is 2.15. The molecule has 0 spiro atoms. The second-order valence-electron chi connectivity index (χ2n) is 2.36.